The number of nitro benzene ring substituents is 2. The van der Waals surface area contributed by atoms with Gasteiger partial charge in [0.15, 0.2) is 0 Å². The molecule has 1 amide bonds. The number of rotatable bonds is 7. The Bertz CT molecular complexity index is 753. The number of carbonyl (C=O) groups is 1. The van der Waals surface area contributed by atoms with E-state index in [-0.39, 0.29) is 5.56 Å². The number of non-ortho nitro benzene ring substituents is 2. The van der Waals surface area contributed by atoms with Gasteiger partial charge in [0.2, 0.25) is 0 Å². The highest BCUT2D eigenvalue weighted by Crippen LogP contribution is 2.22. The first-order valence-corrected chi connectivity index (χ1v) is 7.09. The van der Waals surface area contributed by atoms with E-state index >= 15 is 0 Å². The number of nitrogens with one attached hydrogen (secondary N) is 1. The van der Waals surface area contributed by atoms with E-state index in [4.69, 9.17) is 0 Å². The Hall–Kier alpha value is -3.30. The van der Waals surface area contributed by atoms with Crippen LogP contribution < -0.4 is 5.32 Å². The summed E-state index contributed by atoms with van der Waals surface area (Å²) in [6, 6.07) is 4.70. The maximum Gasteiger partial charge on any atom is 0.277 e. The van der Waals surface area contributed by atoms with E-state index in [1.165, 1.54) is 0 Å². The van der Waals surface area contributed by atoms with Gasteiger partial charge >= 0.3 is 0 Å². The molecule has 10 heteroatoms. The van der Waals surface area contributed by atoms with Crippen molar-refractivity contribution >= 4 is 17.3 Å². The summed E-state index contributed by atoms with van der Waals surface area (Å²) in [6.07, 6.45) is 2.42. The van der Waals surface area contributed by atoms with Gasteiger partial charge in [0, 0.05) is 31.4 Å². The fourth-order valence-corrected chi connectivity index (χ4v) is 2.07. The lowest BCUT2D eigenvalue weighted by Crippen LogP contribution is -2.25. The number of benzene rings is 1. The highest BCUT2D eigenvalue weighted by atomic mass is 16.6. The molecule has 0 saturated heterocycles. The van der Waals surface area contributed by atoms with Crippen LogP contribution in [0.2, 0.25) is 0 Å². The molecule has 0 aliphatic heterocycles. The summed E-state index contributed by atoms with van der Waals surface area (Å²) in [7, 11) is 0. The van der Waals surface area contributed by atoms with Gasteiger partial charge in [0.1, 0.15) is 0 Å². The summed E-state index contributed by atoms with van der Waals surface area (Å²) in [6.45, 7) is 2.78. The Labute approximate surface area is 136 Å². The summed E-state index contributed by atoms with van der Waals surface area (Å²) < 4.78 is 1.74. The van der Waals surface area contributed by atoms with Crippen LogP contribution >= 0.6 is 0 Å². The fraction of sp³-hybridized carbons (Fsp3) is 0.286. The predicted molar refractivity (Wildman–Crippen MR) is 83.7 cm³/mol. The standard InChI is InChI=1S/C14H15N5O5/c1-10-3-6-17(16-10)5-2-4-15-14(20)11-7-12(18(21)22)9-13(8-11)19(23)24/h3,6-9H,2,4-5H2,1H3,(H,15,20). The number of nitro groups is 2. The molecule has 1 N–H and O–H groups in total. The van der Waals surface area contributed by atoms with Crippen molar-refractivity contribution in [1.29, 1.82) is 0 Å². The van der Waals surface area contributed by atoms with Crippen LogP contribution in [0.3, 0.4) is 0 Å². The van der Waals surface area contributed by atoms with Crippen LogP contribution in [0.5, 0.6) is 0 Å². The molecule has 1 heterocycles. The fourth-order valence-electron chi connectivity index (χ4n) is 2.07. The quantitative estimate of drug-likeness (QED) is 0.467. The molecule has 0 unspecified atom stereocenters. The van der Waals surface area contributed by atoms with Crippen molar-refractivity contribution in [2.45, 2.75) is 19.9 Å². The molecule has 0 saturated carbocycles. The predicted octanol–water partition coefficient (Wildman–Crippen LogP) is 1.83. The van der Waals surface area contributed by atoms with Gasteiger partial charge in [-0.05, 0) is 19.4 Å². The third kappa shape index (κ3) is 4.35. The Morgan fingerprint density at radius 2 is 1.83 bits per heavy atom. The lowest BCUT2D eigenvalue weighted by atomic mass is 10.1. The molecule has 1 aromatic heterocycles. The number of aryl methyl sites for hydroxylation is 2. The van der Waals surface area contributed by atoms with Gasteiger partial charge in [-0.25, -0.2) is 0 Å². The summed E-state index contributed by atoms with van der Waals surface area (Å²) >= 11 is 0. The monoisotopic (exact) mass is 333 g/mol. The summed E-state index contributed by atoms with van der Waals surface area (Å²) in [5, 5.41) is 28.4. The van der Waals surface area contributed by atoms with Crippen molar-refractivity contribution in [3.8, 4) is 0 Å². The Morgan fingerprint density at radius 3 is 2.33 bits per heavy atom. The third-order valence-corrected chi connectivity index (χ3v) is 3.21. The van der Waals surface area contributed by atoms with Crippen molar-refractivity contribution in [2.75, 3.05) is 6.54 Å². The molecule has 24 heavy (non-hydrogen) atoms. The summed E-state index contributed by atoms with van der Waals surface area (Å²) in [4.78, 5) is 32.1. The molecule has 0 bridgehead atoms. The first kappa shape index (κ1) is 17.1. The lowest BCUT2D eigenvalue weighted by Gasteiger charge is -2.06. The minimum Gasteiger partial charge on any atom is -0.352 e. The molecule has 1 aromatic carbocycles. The Morgan fingerprint density at radius 1 is 1.21 bits per heavy atom. The maximum absolute atomic E-state index is 12.0. The van der Waals surface area contributed by atoms with E-state index in [1.54, 1.807) is 4.68 Å². The van der Waals surface area contributed by atoms with Gasteiger partial charge in [-0.2, -0.15) is 5.10 Å². The largest absolute Gasteiger partial charge is 0.352 e. The second-order valence-electron chi connectivity index (χ2n) is 5.08. The zero-order chi connectivity index (χ0) is 17.7. The van der Waals surface area contributed by atoms with Crippen LogP contribution in [0.4, 0.5) is 11.4 Å². The van der Waals surface area contributed by atoms with Crippen molar-refractivity contribution < 1.29 is 14.6 Å². The topological polar surface area (TPSA) is 133 Å². The highest BCUT2D eigenvalue weighted by molar-refractivity contribution is 5.95. The van der Waals surface area contributed by atoms with Crippen LogP contribution in [-0.4, -0.2) is 32.1 Å². The molecular weight excluding hydrogens is 318 g/mol. The Kier molecular flexibility index (Phi) is 5.20. The normalized spacial score (nSPS) is 10.4. The van der Waals surface area contributed by atoms with E-state index < -0.39 is 27.1 Å². The number of nitrogens with zero attached hydrogens (tertiary/aromatic N) is 4. The van der Waals surface area contributed by atoms with Gasteiger partial charge in [0.05, 0.1) is 27.2 Å². The van der Waals surface area contributed by atoms with E-state index in [2.05, 4.69) is 10.4 Å². The van der Waals surface area contributed by atoms with Crippen LogP contribution in [0, 0.1) is 27.2 Å². The lowest BCUT2D eigenvalue weighted by molar-refractivity contribution is -0.394. The molecule has 2 rings (SSSR count). The SMILES string of the molecule is Cc1ccn(CCCNC(=O)c2cc([N+](=O)[O-])cc([N+](=O)[O-])c2)n1. The van der Waals surface area contributed by atoms with Gasteiger partial charge in [-0.1, -0.05) is 0 Å². The second kappa shape index (κ2) is 7.31. The van der Waals surface area contributed by atoms with Crippen LogP contribution in [0.1, 0.15) is 22.5 Å². The molecule has 0 spiro atoms. The molecule has 10 nitrogen and oxygen atoms in total. The van der Waals surface area contributed by atoms with E-state index in [1.807, 2.05) is 19.2 Å². The molecule has 126 valence electrons. The highest BCUT2D eigenvalue weighted by Gasteiger charge is 2.19. The molecule has 0 radical (unpaired) electrons. The van der Waals surface area contributed by atoms with Crippen LogP contribution in [0.15, 0.2) is 30.5 Å². The van der Waals surface area contributed by atoms with Gasteiger partial charge in [-0.15, -0.1) is 0 Å². The molecule has 0 aliphatic carbocycles. The minimum absolute atomic E-state index is 0.120. The molecule has 2 aromatic rings. The van der Waals surface area contributed by atoms with E-state index in [0.717, 1.165) is 23.9 Å². The van der Waals surface area contributed by atoms with Crippen molar-refractivity contribution in [3.63, 3.8) is 0 Å². The summed E-state index contributed by atoms with van der Waals surface area (Å²) in [5.74, 6) is -0.599. The van der Waals surface area contributed by atoms with Crippen LogP contribution in [0.25, 0.3) is 0 Å². The minimum atomic E-state index is -0.774. The van der Waals surface area contributed by atoms with E-state index in [9.17, 15) is 25.0 Å². The third-order valence-electron chi connectivity index (χ3n) is 3.21. The van der Waals surface area contributed by atoms with Gasteiger partial charge < -0.3 is 5.32 Å². The van der Waals surface area contributed by atoms with Crippen molar-refractivity contribution in [3.05, 3.63) is 61.9 Å². The van der Waals surface area contributed by atoms with Crippen molar-refractivity contribution in [1.82, 2.24) is 15.1 Å². The number of hydrogen-bond acceptors (Lipinski definition) is 6. The van der Waals surface area contributed by atoms with Gasteiger partial charge in [-0.3, -0.25) is 29.7 Å². The number of aromatic nitrogens is 2. The average Bonchev–Trinajstić information content (AvgIpc) is 2.96. The number of carbonyl (C=O) groups excluding carboxylic acids is 1. The number of hydrogen-bond donors (Lipinski definition) is 1. The first-order chi connectivity index (χ1) is 11.4. The second-order valence-corrected chi connectivity index (χ2v) is 5.08. The molecule has 0 atom stereocenters. The van der Waals surface area contributed by atoms with E-state index in [0.29, 0.717) is 19.5 Å². The molecule has 0 aliphatic rings. The van der Waals surface area contributed by atoms with Crippen molar-refractivity contribution in [2.24, 2.45) is 0 Å². The summed E-state index contributed by atoms with van der Waals surface area (Å²) in [5.41, 5.74) is -0.225. The maximum atomic E-state index is 12.0. The Balaban J connectivity index is 1.98. The average molecular weight is 333 g/mol. The zero-order valence-electron chi connectivity index (χ0n) is 12.8. The van der Waals surface area contributed by atoms with Crippen LogP contribution in [-0.2, 0) is 6.54 Å². The smallest absolute Gasteiger partial charge is 0.277 e. The van der Waals surface area contributed by atoms with Gasteiger partial charge in [0.25, 0.3) is 17.3 Å². The molecule has 0 fully saturated rings. The first-order valence-electron chi connectivity index (χ1n) is 7.09. The number of amides is 1. The zero-order valence-corrected chi connectivity index (χ0v) is 12.8. The molecular formula is C14H15N5O5.